The fourth-order valence-corrected chi connectivity index (χ4v) is 2.43. The molecule has 1 aromatic carbocycles. The standard InChI is InChI=1S/C12H10ClF2NS/c13-9-5-10(14)8(4-11(9)15)12(16)3-7-1-2-17-6-7/h1-2,4-6,12H,3,16H2. The lowest BCUT2D eigenvalue weighted by molar-refractivity contribution is 0.561. The Morgan fingerprint density at radius 3 is 2.71 bits per heavy atom. The normalized spacial score (nSPS) is 12.7. The molecule has 0 bridgehead atoms. The highest BCUT2D eigenvalue weighted by atomic mass is 35.5. The molecular formula is C12H10ClF2NS. The summed E-state index contributed by atoms with van der Waals surface area (Å²) in [5, 5.41) is 3.62. The lowest BCUT2D eigenvalue weighted by Crippen LogP contribution is -2.15. The molecule has 0 radical (unpaired) electrons. The Labute approximate surface area is 107 Å². The summed E-state index contributed by atoms with van der Waals surface area (Å²) >= 11 is 7.02. The van der Waals surface area contributed by atoms with Crippen LogP contribution in [-0.4, -0.2) is 0 Å². The first-order valence-electron chi connectivity index (χ1n) is 4.99. The molecule has 0 spiro atoms. The molecule has 0 saturated heterocycles. The fourth-order valence-electron chi connectivity index (χ4n) is 1.59. The number of hydrogen-bond acceptors (Lipinski definition) is 2. The molecule has 2 aromatic rings. The Balaban J connectivity index is 2.24. The van der Waals surface area contributed by atoms with E-state index in [4.69, 9.17) is 17.3 Å². The van der Waals surface area contributed by atoms with Gasteiger partial charge >= 0.3 is 0 Å². The molecule has 0 saturated carbocycles. The van der Waals surface area contributed by atoms with Crippen molar-refractivity contribution in [3.8, 4) is 0 Å². The van der Waals surface area contributed by atoms with Crippen molar-refractivity contribution in [2.75, 3.05) is 0 Å². The Hall–Kier alpha value is -0.970. The van der Waals surface area contributed by atoms with E-state index >= 15 is 0 Å². The van der Waals surface area contributed by atoms with Crippen LogP contribution in [0.3, 0.4) is 0 Å². The van der Waals surface area contributed by atoms with Crippen molar-refractivity contribution >= 4 is 22.9 Å². The Morgan fingerprint density at radius 1 is 1.29 bits per heavy atom. The fraction of sp³-hybridized carbons (Fsp3) is 0.167. The van der Waals surface area contributed by atoms with Crippen molar-refractivity contribution in [1.82, 2.24) is 0 Å². The SMILES string of the molecule is NC(Cc1ccsc1)c1cc(F)c(Cl)cc1F. The Kier molecular flexibility index (Phi) is 3.76. The second kappa shape index (κ2) is 5.12. The molecule has 1 unspecified atom stereocenters. The molecule has 2 rings (SSSR count). The van der Waals surface area contributed by atoms with E-state index < -0.39 is 17.7 Å². The topological polar surface area (TPSA) is 26.0 Å². The van der Waals surface area contributed by atoms with Gasteiger partial charge < -0.3 is 5.73 Å². The van der Waals surface area contributed by atoms with Crippen LogP contribution in [0.2, 0.25) is 5.02 Å². The Morgan fingerprint density at radius 2 is 2.06 bits per heavy atom. The summed E-state index contributed by atoms with van der Waals surface area (Å²) in [6.07, 6.45) is 0.474. The molecule has 0 aliphatic heterocycles. The number of thiophene rings is 1. The van der Waals surface area contributed by atoms with Crippen LogP contribution in [-0.2, 0) is 6.42 Å². The van der Waals surface area contributed by atoms with Crippen molar-refractivity contribution in [2.45, 2.75) is 12.5 Å². The minimum Gasteiger partial charge on any atom is -0.324 e. The van der Waals surface area contributed by atoms with Crippen LogP contribution in [0.5, 0.6) is 0 Å². The highest BCUT2D eigenvalue weighted by Gasteiger charge is 2.15. The highest BCUT2D eigenvalue weighted by Crippen LogP contribution is 2.25. The molecule has 1 atom stereocenters. The van der Waals surface area contributed by atoms with Crippen molar-refractivity contribution < 1.29 is 8.78 Å². The average molecular weight is 274 g/mol. The largest absolute Gasteiger partial charge is 0.324 e. The maximum absolute atomic E-state index is 13.6. The quantitative estimate of drug-likeness (QED) is 0.843. The van der Waals surface area contributed by atoms with Crippen molar-refractivity contribution in [3.63, 3.8) is 0 Å². The van der Waals surface area contributed by atoms with E-state index in [0.29, 0.717) is 6.42 Å². The number of hydrogen-bond donors (Lipinski definition) is 1. The van der Waals surface area contributed by atoms with Gasteiger partial charge in [-0.15, -0.1) is 0 Å². The van der Waals surface area contributed by atoms with Gasteiger partial charge in [0.1, 0.15) is 11.6 Å². The smallest absolute Gasteiger partial charge is 0.142 e. The van der Waals surface area contributed by atoms with Crippen LogP contribution in [0, 0.1) is 11.6 Å². The molecular weight excluding hydrogens is 264 g/mol. The summed E-state index contributed by atoms with van der Waals surface area (Å²) in [7, 11) is 0. The summed E-state index contributed by atoms with van der Waals surface area (Å²) in [6, 6.07) is 3.36. The van der Waals surface area contributed by atoms with Crippen molar-refractivity contribution in [2.24, 2.45) is 5.73 Å². The number of nitrogens with two attached hydrogens (primary N) is 1. The summed E-state index contributed by atoms with van der Waals surface area (Å²) in [6.45, 7) is 0. The predicted molar refractivity (Wildman–Crippen MR) is 66.3 cm³/mol. The zero-order chi connectivity index (χ0) is 12.4. The van der Waals surface area contributed by atoms with Crippen LogP contribution in [0.1, 0.15) is 17.2 Å². The molecule has 0 aliphatic carbocycles. The van der Waals surface area contributed by atoms with Crippen LogP contribution in [0.25, 0.3) is 0 Å². The first-order valence-corrected chi connectivity index (χ1v) is 6.31. The third kappa shape index (κ3) is 2.83. The molecule has 0 fully saturated rings. The zero-order valence-electron chi connectivity index (χ0n) is 8.79. The van der Waals surface area contributed by atoms with E-state index in [-0.39, 0.29) is 10.6 Å². The van der Waals surface area contributed by atoms with Crippen LogP contribution in [0.15, 0.2) is 29.0 Å². The number of halogens is 3. The molecule has 17 heavy (non-hydrogen) atoms. The monoisotopic (exact) mass is 273 g/mol. The van der Waals surface area contributed by atoms with E-state index in [0.717, 1.165) is 17.7 Å². The maximum atomic E-state index is 13.6. The van der Waals surface area contributed by atoms with E-state index in [2.05, 4.69) is 0 Å². The molecule has 5 heteroatoms. The lowest BCUT2D eigenvalue weighted by Gasteiger charge is -2.12. The van der Waals surface area contributed by atoms with Gasteiger partial charge in [-0.05, 0) is 40.9 Å². The van der Waals surface area contributed by atoms with Crippen molar-refractivity contribution in [1.29, 1.82) is 0 Å². The van der Waals surface area contributed by atoms with Gasteiger partial charge in [0.2, 0.25) is 0 Å². The van der Waals surface area contributed by atoms with E-state index in [9.17, 15) is 8.78 Å². The summed E-state index contributed by atoms with van der Waals surface area (Å²) in [5.74, 6) is -1.22. The lowest BCUT2D eigenvalue weighted by atomic mass is 10.0. The molecule has 1 heterocycles. The second-order valence-electron chi connectivity index (χ2n) is 3.73. The van der Waals surface area contributed by atoms with E-state index in [1.807, 2.05) is 16.8 Å². The van der Waals surface area contributed by atoms with Gasteiger partial charge in [0, 0.05) is 11.6 Å². The summed E-state index contributed by atoms with van der Waals surface area (Å²) in [5.41, 5.74) is 7.02. The number of benzene rings is 1. The van der Waals surface area contributed by atoms with Crippen LogP contribution in [0.4, 0.5) is 8.78 Å². The van der Waals surface area contributed by atoms with Crippen LogP contribution >= 0.6 is 22.9 Å². The van der Waals surface area contributed by atoms with Crippen LogP contribution < -0.4 is 5.73 Å². The van der Waals surface area contributed by atoms with Gasteiger partial charge in [0.15, 0.2) is 0 Å². The molecule has 0 amide bonds. The maximum Gasteiger partial charge on any atom is 0.142 e. The average Bonchev–Trinajstić information content (AvgIpc) is 2.76. The van der Waals surface area contributed by atoms with E-state index in [1.54, 1.807) is 11.3 Å². The highest BCUT2D eigenvalue weighted by molar-refractivity contribution is 7.07. The molecule has 1 nitrogen and oxygen atoms in total. The second-order valence-corrected chi connectivity index (χ2v) is 4.92. The van der Waals surface area contributed by atoms with E-state index in [1.165, 1.54) is 0 Å². The molecule has 1 aromatic heterocycles. The van der Waals surface area contributed by atoms with Gasteiger partial charge in [0.25, 0.3) is 0 Å². The van der Waals surface area contributed by atoms with Gasteiger partial charge in [-0.2, -0.15) is 11.3 Å². The van der Waals surface area contributed by atoms with Crippen molar-refractivity contribution in [3.05, 3.63) is 56.7 Å². The molecule has 90 valence electrons. The van der Waals surface area contributed by atoms with Gasteiger partial charge in [-0.25, -0.2) is 8.78 Å². The molecule has 2 N–H and O–H groups in total. The third-order valence-electron chi connectivity index (χ3n) is 2.47. The van der Waals surface area contributed by atoms with Gasteiger partial charge in [-0.3, -0.25) is 0 Å². The minimum atomic E-state index is -0.649. The zero-order valence-corrected chi connectivity index (χ0v) is 10.4. The first-order chi connectivity index (χ1) is 8.08. The van der Waals surface area contributed by atoms with Gasteiger partial charge in [-0.1, -0.05) is 11.6 Å². The summed E-state index contributed by atoms with van der Waals surface area (Å²) < 4.78 is 26.8. The summed E-state index contributed by atoms with van der Waals surface area (Å²) in [4.78, 5) is 0. The number of rotatable bonds is 3. The van der Waals surface area contributed by atoms with Gasteiger partial charge in [0.05, 0.1) is 5.02 Å². The third-order valence-corrected chi connectivity index (χ3v) is 3.50. The predicted octanol–water partition coefficient (Wildman–Crippen LogP) is 3.92. The first kappa shape index (κ1) is 12.5. The molecule has 0 aliphatic rings. The minimum absolute atomic E-state index is 0.151. The Bertz CT molecular complexity index is 513.